The van der Waals surface area contributed by atoms with Crippen LogP contribution < -0.4 is 4.72 Å². The van der Waals surface area contributed by atoms with Crippen molar-refractivity contribution in [1.82, 2.24) is 14.6 Å². The molecule has 0 spiro atoms. The quantitative estimate of drug-likeness (QED) is 0.805. The van der Waals surface area contributed by atoms with E-state index in [1.807, 2.05) is 0 Å². The third-order valence-electron chi connectivity index (χ3n) is 3.48. The molecule has 124 valence electrons. The molecule has 0 fully saturated rings. The molecule has 0 unspecified atom stereocenters. The Kier molecular flexibility index (Phi) is 4.12. The van der Waals surface area contributed by atoms with E-state index >= 15 is 0 Å². The summed E-state index contributed by atoms with van der Waals surface area (Å²) in [5.41, 5.74) is 0.221. The summed E-state index contributed by atoms with van der Waals surface area (Å²) >= 11 is 0. The number of hydrogen-bond acceptors (Lipinski definition) is 5. The van der Waals surface area contributed by atoms with Crippen LogP contribution in [0.1, 0.15) is 20.8 Å². The van der Waals surface area contributed by atoms with Gasteiger partial charge < -0.3 is 0 Å². The van der Waals surface area contributed by atoms with Crippen molar-refractivity contribution in [1.29, 1.82) is 0 Å². The van der Waals surface area contributed by atoms with Crippen molar-refractivity contribution in [3.63, 3.8) is 0 Å². The maximum absolute atomic E-state index is 13.6. The Morgan fingerprint density at radius 1 is 1.08 bits per heavy atom. The number of hydrogen-bond donors (Lipinski definition) is 1. The number of nitrogens with zero attached hydrogens (tertiary/aromatic N) is 2. The molecule has 9 heteroatoms. The molecule has 1 aliphatic rings. The van der Waals surface area contributed by atoms with E-state index in [2.05, 4.69) is 9.71 Å². The van der Waals surface area contributed by atoms with Gasteiger partial charge in [-0.05, 0) is 24.3 Å². The molecule has 0 atom stereocenters. The van der Waals surface area contributed by atoms with Gasteiger partial charge in [0.25, 0.3) is 11.8 Å². The first-order chi connectivity index (χ1) is 11.4. The summed E-state index contributed by atoms with van der Waals surface area (Å²) in [6, 6.07) is 7.95. The van der Waals surface area contributed by atoms with Gasteiger partial charge in [-0.2, -0.15) is 0 Å². The molecule has 0 radical (unpaired) electrons. The lowest BCUT2D eigenvalue weighted by Gasteiger charge is -2.14. The lowest BCUT2D eigenvalue weighted by Crippen LogP contribution is -2.38. The Morgan fingerprint density at radius 2 is 1.83 bits per heavy atom. The monoisotopic (exact) mass is 349 g/mol. The number of fused-ring (bicyclic) bond motifs is 1. The smallest absolute Gasteiger partial charge is 0.272 e. The highest BCUT2D eigenvalue weighted by molar-refractivity contribution is 7.89. The normalized spacial score (nSPS) is 14.1. The highest BCUT2D eigenvalue weighted by atomic mass is 32.2. The van der Waals surface area contributed by atoms with Gasteiger partial charge in [0.15, 0.2) is 0 Å². The van der Waals surface area contributed by atoms with E-state index in [1.165, 1.54) is 30.5 Å². The number of halogens is 1. The molecule has 2 aromatic rings. The van der Waals surface area contributed by atoms with Crippen LogP contribution in [0.2, 0.25) is 0 Å². The number of nitrogens with one attached hydrogen (secondary N) is 1. The summed E-state index contributed by atoms with van der Waals surface area (Å²) in [6.07, 6.45) is 1.40. The minimum atomic E-state index is -4.07. The molecule has 1 aromatic heterocycles. The van der Waals surface area contributed by atoms with Crippen molar-refractivity contribution in [3.05, 3.63) is 59.7 Å². The van der Waals surface area contributed by atoms with Gasteiger partial charge in [-0.3, -0.25) is 19.5 Å². The molecule has 0 bridgehead atoms. The standard InChI is InChI=1S/C15H12FN3O4S/c16-11-5-1-2-6-12(11)24(22,23)18-8-9-19-14(20)10-4-3-7-17-13(10)15(19)21/h1-7,18H,8-9H2. The number of carbonyl (C=O) groups is 2. The fraction of sp³-hybridized carbons (Fsp3) is 0.133. The lowest BCUT2D eigenvalue weighted by molar-refractivity contribution is 0.0655. The largest absolute Gasteiger partial charge is 0.280 e. The van der Waals surface area contributed by atoms with Crippen molar-refractivity contribution >= 4 is 21.8 Å². The Morgan fingerprint density at radius 3 is 2.54 bits per heavy atom. The summed E-state index contributed by atoms with van der Waals surface area (Å²) in [4.78, 5) is 28.5. The van der Waals surface area contributed by atoms with Gasteiger partial charge in [0.1, 0.15) is 16.4 Å². The first-order valence-electron chi connectivity index (χ1n) is 6.97. The first-order valence-corrected chi connectivity index (χ1v) is 8.45. The zero-order valence-electron chi connectivity index (χ0n) is 12.3. The van der Waals surface area contributed by atoms with Crippen LogP contribution in [-0.4, -0.2) is 43.2 Å². The van der Waals surface area contributed by atoms with Crippen LogP contribution in [0.3, 0.4) is 0 Å². The van der Waals surface area contributed by atoms with Gasteiger partial charge in [-0.1, -0.05) is 12.1 Å². The summed E-state index contributed by atoms with van der Waals surface area (Å²) in [7, 11) is -4.07. The SMILES string of the molecule is O=C1c2cccnc2C(=O)N1CCNS(=O)(=O)c1ccccc1F. The van der Waals surface area contributed by atoms with Gasteiger partial charge in [0.2, 0.25) is 10.0 Å². The minimum Gasteiger partial charge on any atom is -0.272 e. The predicted octanol–water partition coefficient (Wildman–Crippen LogP) is 0.795. The van der Waals surface area contributed by atoms with Gasteiger partial charge in [0.05, 0.1) is 5.56 Å². The Labute approximate surface area is 137 Å². The van der Waals surface area contributed by atoms with Crippen LogP contribution in [0.25, 0.3) is 0 Å². The fourth-order valence-electron chi connectivity index (χ4n) is 2.35. The van der Waals surface area contributed by atoms with E-state index in [0.717, 1.165) is 17.0 Å². The molecule has 7 nitrogen and oxygen atoms in total. The van der Waals surface area contributed by atoms with Gasteiger partial charge in [-0.15, -0.1) is 0 Å². The molecule has 1 N–H and O–H groups in total. The highest BCUT2D eigenvalue weighted by Crippen LogP contribution is 2.20. The van der Waals surface area contributed by atoms with Crippen LogP contribution in [0.5, 0.6) is 0 Å². The molecule has 3 rings (SSSR count). The fourth-order valence-corrected chi connectivity index (χ4v) is 3.45. The van der Waals surface area contributed by atoms with E-state index in [-0.39, 0.29) is 24.3 Å². The summed E-state index contributed by atoms with van der Waals surface area (Å²) < 4.78 is 39.9. The molecule has 1 aromatic carbocycles. The van der Waals surface area contributed by atoms with Crippen molar-refractivity contribution in [3.8, 4) is 0 Å². The van der Waals surface area contributed by atoms with E-state index in [9.17, 15) is 22.4 Å². The number of pyridine rings is 1. The second-order valence-corrected chi connectivity index (χ2v) is 6.73. The number of benzene rings is 1. The van der Waals surface area contributed by atoms with E-state index < -0.39 is 32.6 Å². The molecule has 24 heavy (non-hydrogen) atoms. The second kappa shape index (κ2) is 6.10. The molecule has 2 heterocycles. The second-order valence-electron chi connectivity index (χ2n) is 4.99. The molecular formula is C15H12FN3O4S. The van der Waals surface area contributed by atoms with E-state index in [4.69, 9.17) is 0 Å². The van der Waals surface area contributed by atoms with E-state index in [0.29, 0.717) is 0 Å². The topological polar surface area (TPSA) is 96.4 Å². The number of amides is 2. The number of aromatic nitrogens is 1. The molecule has 0 aliphatic carbocycles. The highest BCUT2D eigenvalue weighted by Gasteiger charge is 2.36. The van der Waals surface area contributed by atoms with Crippen LogP contribution in [0.15, 0.2) is 47.5 Å². The first kappa shape index (κ1) is 16.2. The van der Waals surface area contributed by atoms with Gasteiger partial charge >= 0.3 is 0 Å². The lowest BCUT2D eigenvalue weighted by atomic mass is 10.2. The number of rotatable bonds is 5. The summed E-state index contributed by atoms with van der Waals surface area (Å²) in [5.74, 6) is -2.00. The van der Waals surface area contributed by atoms with Crippen LogP contribution >= 0.6 is 0 Å². The average Bonchev–Trinajstić information content (AvgIpc) is 2.80. The van der Waals surface area contributed by atoms with Crippen LogP contribution in [0, 0.1) is 5.82 Å². The van der Waals surface area contributed by atoms with Crippen LogP contribution in [-0.2, 0) is 10.0 Å². The van der Waals surface area contributed by atoms with Crippen molar-refractivity contribution < 1.29 is 22.4 Å². The Balaban J connectivity index is 1.69. The van der Waals surface area contributed by atoms with Crippen molar-refractivity contribution in [2.75, 3.05) is 13.1 Å². The Hall–Kier alpha value is -2.65. The van der Waals surface area contributed by atoms with Crippen LogP contribution in [0.4, 0.5) is 4.39 Å². The summed E-state index contributed by atoms with van der Waals surface area (Å²) in [6.45, 7) is -0.413. The third kappa shape index (κ3) is 2.79. The van der Waals surface area contributed by atoms with Gasteiger partial charge in [-0.25, -0.2) is 17.5 Å². The number of sulfonamides is 1. The number of imide groups is 1. The maximum Gasteiger partial charge on any atom is 0.280 e. The zero-order chi connectivity index (χ0) is 17.3. The molecule has 0 saturated heterocycles. The summed E-state index contributed by atoms with van der Waals surface area (Å²) in [5, 5.41) is 0. The zero-order valence-corrected chi connectivity index (χ0v) is 13.1. The van der Waals surface area contributed by atoms with Crippen molar-refractivity contribution in [2.24, 2.45) is 0 Å². The average molecular weight is 349 g/mol. The molecule has 1 aliphatic heterocycles. The predicted molar refractivity (Wildman–Crippen MR) is 81.2 cm³/mol. The maximum atomic E-state index is 13.6. The minimum absolute atomic E-state index is 0.0412. The molecule has 0 saturated carbocycles. The van der Waals surface area contributed by atoms with Gasteiger partial charge in [0, 0.05) is 19.3 Å². The molecular weight excluding hydrogens is 337 g/mol. The van der Waals surface area contributed by atoms with Crippen molar-refractivity contribution in [2.45, 2.75) is 4.90 Å². The Bertz CT molecular complexity index is 895. The molecule has 2 amide bonds. The van der Waals surface area contributed by atoms with E-state index in [1.54, 1.807) is 0 Å². The third-order valence-corrected chi connectivity index (χ3v) is 4.98. The number of carbonyl (C=O) groups excluding carboxylic acids is 2.